The Hall–Kier alpha value is -1.88. The lowest BCUT2D eigenvalue weighted by atomic mass is 9.86. The molecular weight excluding hydrogens is 366 g/mol. The third-order valence-electron chi connectivity index (χ3n) is 6.01. The summed E-state index contributed by atoms with van der Waals surface area (Å²) in [6.07, 6.45) is 1.84. The van der Waals surface area contributed by atoms with Gasteiger partial charge in [0.1, 0.15) is 43.6 Å². The Balaban J connectivity index is 1.48. The van der Waals surface area contributed by atoms with Gasteiger partial charge in [-0.25, -0.2) is 9.98 Å². The van der Waals surface area contributed by atoms with E-state index in [9.17, 15) is 15.0 Å². The first kappa shape index (κ1) is 19.4. The van der Waals surface area contributed by atoms with E-state index in [2.05, 4.69) is 15.0 Å². The predicted octanol–water partition coefficient (Wildman–Crippen LogP) is -0.614. The number of ether oxygens (including phenoxy) is 2. The van der Waals surface area contributed by atoms with Crippen LogP contribution in [0.5, 0.6) is 0 Å². The maximum Gasteiger partial charge on any atom is 0.305 e. The zero-order valence-electron chi connectivity index (χ0n) is 15.9. The minimum atomic E-state index is -1.19. The lowest BCUT2D eigenvalue weighted by molar-refractivity contribution is -0.150. The molecule has 4 aliphatic rings. The number of amidine groups is 1. The molecule has 0 radical (unpaired) electrons. The maximum absolute atomic E-state index is 11.4. The zero-order valence-corrected chi connectivity index (χ0v) is 15.9. The summed E-state index contributed by atoms with van der Waals surface area (Å²) in [6, 6.07) is 0. The van der Waals surface area contributed by atoms with Gasteiger partial charge in [-0.15, -0.1) is 0 Å². The molecule has 2 fully saturated rings. The van der Waals surface area contributed by atoms with Gasteiger partial charge in [0.05, 0.1) is 0 Å². The van der Waals surface area contributed by atoms with E-state index in [0.29, 0.717) is 11.5 Å². The van der Waals surface area contributed by atoms with Crippen molar-refractivity contribution in [1.29, 1.82) is 0 Å². The van der Waals surface area contributed by atoms with Gasteiger partial charge in [-0.3, -0.25) is 9.79 Å². The molecule has 4 N–H and O–H groups in total. The van der Waals surface area contributed by atoms with Gasteiger partial charge in [0.2, 0.25) is 0 Å². The Morgan fingerprint density at radius 3 is 2.86 bits per heavy atom. The summed E-state index contributed by atoms with van der Waals surface area (Å²) in [4.78, 5) is 26.4. The van der Waals surface area contributed by atoms with Gasteiger partial charge in [0.15, 0.2) is 17.7 Å². The summed E-state index contributed by atoms with van der Waals surface area (Å²) in [6.45, 7) is 1.76. The van der Waals surface area contributed by atoms with Crippen molar-refractivity contribution in [1.82, 2.24) is 4.90 Å². The fourth-order valence-electron chi connectivity index (χ4n) is 4.37. The predicted molar refractivity (Wildman–Crippen MR) is 101 cm³/mol. The highest BCUT2D eigenvalue weighted by Gasteiger charge is 2.52. The topological polar surface area (TPSA) is 142 Å². The third kappa shape index (κ3) is 3.14. The first-order valence-corrected chi connectivity index (χ1v) is 9.85. The molecule has 1 aliphatic carbocycles. The van der Waals surface area contributed by atoms with E-state index in [1.807, 2.05) is 0 Å². The number of carbonyl (C=O) groups excluding carboxylic acids is 1. The quantitative estimate of drug-likeness (QED) is 0.529. The van der Waals surface area contributed by atoms with Crippen molar-refractivity contribution in [3.8, 4) is 0 Å². The molecule has 10 heteroatoms. The van der Waals surface area contributed by atoms with Crippen LogP contribution in [-0.4, -0.2) is 82.4 Å². The van der Waals surface area contributed by atoms with Gasteiger partial charge in [-0.1, -0.05) is 19.8 Å². The Kier molecular flexibility index (Phi) is 5.21. The van der Waals surface area contributed by atoms with E-state index >= 15 is 0 Å². The summed E-state index contributed by atoms with van der Waals surface area (Å²) in [7, 11) is 0. The SMILES string of the molecule is CCC(=O)OC[C@H]1O[C@@H](N2CN=C3C2=NC=NC3(N)C2CCCC2)[C@H](O)[C@@H]1O. The number of nitrogens with zero attached hydrogens (tertiary/aromatic N) is 4. The number of aliphatic hydroxyl groups is 2. The number of aliphatic imine (C=N–C) groups is 3. The minimum absolute atomic E-state index is 0.125. The molecule has 4 rings (SSSR count). The number of hydrogen-bond donors (Lipinski definition) is 3. The van der Waals surface area contributed by atoms with Crippen molar-refractivity contribution in [3.63, 3.8) is 0 Å². The number of rotatable bonds is 5. The van der Waals surface area contributed by atoms with Gasteiger partial charge >= 0.3 is 5.97 Å². The molecule has 28 heavy (non-hydrogen) atoms. The zero-order chi connectivity index (χ0) is 19.9. The van der Waals surface area contributed by atoms with Crippen molar-refractivity contribution >= 4 is 23.9 Å². The van der Waals surface area contributed by atoms with Crippen LogP contribution in [0.25, 0.3) is 0 Å². The van der Waals surface area contributed by atoms with Crippen LogP contribution < -0.4 is 5.73 Å². The van der Waals surface area contributed by atoms with Crippen LogP contribution in [0, 0.1) is 5.92 Å². The average molecular weight is 393 g/mol. The van der Waals surface area contributed by atoms with Crippen LogP contribution in [0.2, 0.25) is 0 Å². The Labute approximate surface area is 163 Å². The van der Waals surface area contributed by atoms with Gasteiger partial charge in [0.25, 0.3) is 0 Å². The van der Waals surface area contributed by atoms with E-state index < -0.39 is 36.2 Å². The minimum Gasteiger partial charge on any atom is -0.463 e. The lowest BCUT2D eigenvalue weighted by Crippen LogP contribution is -2.58. The fraction of sp³-hybridized carbons (Fsp3) is 0.778. The molecular formula is C18H27N5O5. The highest BCUT2D eigenvalue weighted by atomic mass is 16.6. The average Bonchev–Trinajstić information content (AvgIpc) is 3.42. The lowest BCUT2D eigenvalue weighted by Gasteiger charge is -2.35. The molecule has 0 aromatic heterocycles. The molecule has 1 unspecified atom stereocenters. The van der Waals surface area contributed by atoms with Crippen molar-refractivity contribution in [2.75, 3.05) is 13.3 Å². The van der Waals surface area contributed by atoms with Gasteiger partial charge in [-0.2, -0.15) is 0 Å². The van der Waals surface area contributed by atoms with Crippen molar-refractivity contribution < 1.29 is 24.5 Å². The number of fused-ring (bicyclic) bond motifs is 1. The maximum atomic E-state index is 11.4. The Morgan fingerprint density at radius 1 is 1.39 bits per heavy atom. The first-order chi connectivity index (χ1) is 13.5. The molecule has 0 amide bonds. The fourth-order valence-corrected chi connectivity index (χ4v) is 4.37. The highest BCUT2D eigenvalue weighted by molar-refractivity contribution is 6.47. The summed E-state index contributed by atoms with van der Waals surface area (Å²) >= 11 is 0. The molecule has 1 saturated carbocycles. The number of carbonyl (C=O) groups is 1. The molecule has 0 aromatic carbocycles. The summed E-state index contributed by atoms with van der Waals surface area (Å²) in [5.74, 6) is 0.332. The molecule has 3 aliphatic heterocycles. The number of nitrogens with two attached hydrogens (primary N) is 1. The van der Waals surface area contributed by atoms with Crippen LogP contribution in [0.3, 0.4) is 0 Å². The van der Waals surface area contributed by atoms with Crippen molar-refractivity contribution in [2.45, 2.75) is 69.2 Å². The first-order valence-electron chi connectivity index (χ1n) is 9.85. The third-order valence-corrected chi connectivity index (χ3v) is 6.01. The number of aliphatic hydroxyl groups excluding tert-OH is 2. The van der Waals surface area contributed by atoms with Gasteiger partial charge in [-0.05, 0) is 12.8 Å². The molecule has 10 nitrogen and oxygen atoms in total. The van der Waals surface area contributed by atoms with Crippen molar-refractivity contribution in [3.05, 3.63) is 0 Å². The standard InChI is InChI=1S/C18H27N5O5/c1-2-12(24)27-7-11-13(25)14(26)17(28-11)23-9-21-15-16(23)20-8-22-18(15,19)10-5-3-4-6-10/h8,10-11,13-14,17,25-26H,2-7,9,19H2,1H3/t11-,13-,14-,17-,18?/m1/s1. The number of esters is 1. The van der Waals surface area contributed by atoms with Crippen LogP contribution in [0.1, 0.15) is 39.0 Å². The molecule has 1 saturated heterocycles. The summed E-state index contributed by atoms with van der Waals surface area (Å²) in [5.41, 5.74) is 6.34. The van der Waals surface area contributed by atoms with E-state index in [1.54, 1.807) is 11.8 Å². The normalized spacial score (nSPS) is 37.8. The molecule has 0 spiro atoms. The summed E-state index contributed by atoms with van der Waals surface area (Å²) < 4.78 is 10.9. The Bertz CT molecular complexity index is 719. The summed E-state index contributed by atoms with van der Waals surface area (Å²) in [5, 5.41) is 20.8. The second-order valence-electron chi connectivity index (χ2n) is 7.70. The van der Waals surface area contributed by atoms with Crippen molar-refractivity contribution in [2.24, 2.45) is 26.6 Å². The van der Waals surface area contributed by atoms with Gasteiger partial charge < -0.3 is 30.3 Å². The highest BCUT2D eigenvalue weighted by Crippen LogP contribution is 2.38. The molecule has 0 aromatic rings. The monoisotopic (exact) mass is 393 g/mol. The smallest absolute Gasteiger partial charge is 0.305 e. The molecule has 154 valence electrons. The second-order valence-corrected chi connectivity index (χ2v) is 7.70. The van der Waals surface area contributed by atoms with Crippen LogP contribution in [-0.2, 0) is 14.3 Å². The Morgan fingerprint density at radius 2 is 2.14 bits per heavy atom. The van der Waals surface area contributed by atoms with E-state index in [4.69, 9.17) is 15.2 Å². The largest absolute Gasteiger partial charge is 0.463 e. The molecule has 3 heterocycles. The van der Waals surface area contributed by atoms with E-state index in [1.165, 1.54) is 6.34 Å². The van der Waals surface area contributed by atoms with E-state index in [0.717, 1.165) is 25.7 Å². The van der Waals surface area contributed by atoms with E-state index in [-0.39, 0.29) is 25.6 Å². The molecule has 5 atom stereocenters. The number of hydrogen-bond acceptors (Lipinski definition) is 10. The molecule has 0 bridgehead atoms. The van der Waals surface area contributed by atoms with Crippen LogP contribution in [0.4, 0.5) is 0 Å². The van der Waals surface area contributed by atoms with Gasteiger partial charge in [0, 0.05) is 12.3 Å². The van der Waals surface area contributed by atoms with Crippen LogP contribution >= 0.6 is 0 Å². The second kappa shape index (κ2) is 7.51. The van der Waals surface area contributed by atoms with Crippen LogP contribution in [0.15, 0.2) is 15.0 Å².